The minimum atomic E-state index is -0.0318. The molecule has 1 aliphatic rings. The number of thiazole rings is 1. The smallest absolute Gasteiger partial charge is 0.317 e. The van der Waals surface area contributed by atoms with Crippen LogP contribution in [0.5, 0.6) is 0 Å². The third-order valence-corrected chi connectivity index (χ3v) is 5.27. The number of nitrogens with one attached hydrogen (secondary N) is 1. The average Bonchev–Trinajstić information content (AvgIpc) is 3.11. The summed E-state index contributed by atoms with van der Waals surface area (Å²) in [6.07, 6.45) is 8.67. The van der Waals surface area contributed by atoms with Gasteiger partial charge in [0.15, 0.2) is 0 Å². The van der Waals surface area contributed by atoms with Crippen molar-refractivity contribution >= 4 is 17.4 Å². The van der Waals surface area contributed by atoms with E-state index in [1.54, 1.807) is 23.7 Å². The molecule has 0 bridgehead atoms. The standard InChI is InChI=1S/C17H22N4OS/c1-13(16-19-7-10-23-16)20-17(22)21-8-4-14(5-9-21)11-15-3-2-6-18-12-15/h2-3,6-7,10,12-14H,4-5,8-9,11H2,1H3,(H,20,22)/t13-/m0/s1. The van der Waals surface area contributed by atoms with Crippen LogP contribution < -0.4 is 5.32 Å². The number of urea groups is 1. The Balaban J connectivity index is 1.46. The van der Waals surface area contributed by atoms with Gasteiger partial charge in [-0.15, -0.1) is 11.3 Å². The Morgan fingerprint density at radius 3 is 2.91 bits per heavy atom. The van der Waals surface area contributed by atoms with E-state index in [1.165, 1.54) is 5.56 Å². The van der Waals surface area contributed by atoms with Crippen molar-refractivity contribution in [3.63, 3.8) is 0 Å². The summed E-state index contributed by atoms with van der Waals surface area (Å²) in [6, 6.07) is 4.10. The maximum absolute atomic E-state index is 12.4. The molecule has 2 aromatic heterocycles. The highest BCUT2D eigenvalue weighted by Gasteiger charge is 2.24. The van der Waals surface area contributed by atoms with E-state index >= 15 is 0 Å². The van der Waals surface area contributed by atoms with Gasteiger partial charge in [-0.25, -0.2) is 9.78 Å². The van der Waals surface area contributed by atoms with Crippen molar-refractivity contribution < 1.29 is 4.79 Å². The minimum absolute atomic E-state index is 0.0209. The Labute approximate surface area is 140 Å². The highest BCUT2D eigenvalue weighted by molar-refractivity contribution is 7.09. The first-order valence-corrected chi connectivity index (χ1v) is 8.94. The molecular formula is C17H22N4OS. The molecule has 0 radical (unpaired) electrons. The molecule has 1 saturated heterocycles. The fourth-order valence-corrected chi connectivity index (χ4v) is 3.62. The van der Waals surface area contributed by atoms with Crippen molar-refractivity contribution in [3.05, 3.63) is 46.7 Å². The zero-order chi connectivity index (χ0) is 16.1. The molecule has 3 heterocycles. The first-order chi connectivity index (χ1) is 11.2. The van der Waals surface area contributed by atoms with Gasteiger partial charge in [-0.2, -0.15) is 0 Å². The number of piperidine rings is 1. The van der Waals surface area contributed by atoms with Crippen molar-refractivity contribution in [1.29, 1.82) is 0 Å². The monoisotopic (exact) mass is 330 g/mol. The Hall–Kier alpha value is -1.95. The van der Waals surface area contributed by atoms with Crippen molar-refractivity contribution in [3.8, 4) is 0 Å². The number of hydrogen-bond acceptors (Lipinski definition) is 4. The van der Waals surface area contributed by atoms with Gasteiger partial charge in [0, 0.05) is 37.1 Å². The molecule has 0 aromatic carbocycles. The zero-order valence-corrected chi connectivity index (χ0v) is 14.1. The number of carbonyl (C=O) groups excluding carboxylic acids is 1. The highest BCUT2D eigenvalue weighted by atomic mass is 32.1. The lowest BCUT2D eigenvalue weighted by molar-refractivity contribution is 0.167. The SMILES string of the molecule is C[C@H](NC(=O)N1CCC(Cc2cccnc2)CC1)c1nccs1. The third-order valence-electron chi connectivity index (χ3n) is 4.31. The molecule has 5 nitrogen and oxygen atoms in total. The number of amides is 2. The predicted octanol–water partition coefficient (Wildman–Crippen LogP) is 3.26. The first-order valence-electron chi connectivity index (χ1n) is 8.06. The summed E-state index contributed by atoms with van der Waals surface area (Å²) in [5, 5.41) is 5.92. The Morgan fingerprint density at radius 1 is 1.43 bits per heavy atom. The summed E-state index contributed by atoms with van der Waals surface area (Å²) in [6.45, 7) is 3.62. The molecule has 0 unspecified atom stereocenters. The number of carbonyl (C=O) groups is 1. The molecular weight excluding hydrogens is 308 g/mol. The second-order valence-corrected chi connectivity index (χ2v) is 6.96. The van der Waals surface area contributed by atoms with E-state index in [0.29, 0.717) is 5.92 Å². The molecule has 2 amide bonds. The number of aromatic nitrogens is 2. The second-order valence-electron chi connectivity index (χ2n) is 6.04. The predicted molar refractivity (Wildman–Crippen MR) is 91.3 cm³/mol. The van der Waals surface area contributed by atoms with Crippen molar-refractivity contribution in [1.82, 2.24) is 20.2 Å². The van der Waals surface area contributed by atoms with E-state index in [0.717, 1.165) is 37.4 Å². The molecule has 1 fully saturated rings. The normalized spacial score (nSPS) is 17.0. The van der Waals surface area contributed by atoms with E-state index in [2.05, 4.69) is 21.4 Å². The third kappa shape index (κ3) is 4.28. The summed E-state index contributed by atoms with van der Waals surface area (Å²) in [4.78, 5) is 22.7. The molecule has 1 aliphatic heterocycles. The van der Waals surface area contributed by atoms with Crippen molar-refractivity contribution in [2.24, 2.45) is 5.92 Å². The van der Waals surface area contributed by atoms with Gasteiger partial charge < -0.3 is 10.2 Å². The topological polar surface area (TPSA) is 58.1 Å². The molecule has 0 aliphatic carbocycles. The van der Waals surface area contributed by atoms with Crippen LogP contribution in [0.3, 0.4) is 0 Å². The van der Waals surface area contributed by atoms with Crippen LogP contribution in [-0.4, -0.2) is 34.0 Å². The Bertz CT molecular complexity index is 609. The Morgan fingerprint density at radius 2 is 2.26 bits per heavy atom. The van der Waals surface area contributed by atoms with E-state index in [9.17, 15) is 4.79 Å². The minimum Gasteiger partial charge on any atom is -0.329 e. The van der Waals surface area contributed by atoms with Crippen LogP contribution in [0.4, 0.5) is 4.79 Å². The van der Waals surface area contributed by atoms with Gasteiger partial charge in [0.05, 0.1) is 6.04 Å². The van der Waals surface area contributed by atoms with Crippen LogP contribution in [0, 0.1) is 5.92 Å². The average molecular weight is 330 g/mol. The van der Waals surface area contributed by atoms with Gasteiger partial charge in [-0.05, 0) is 43.7 Å². The molecule has 3 rings (SSSR count). The number of pyridine rings is 1. The van der Waals surface area contributed by atoms with Crippen LogP contribution in [0.2, 0.25) is 0 Å². The van der Waals surface area contributed by atoms with Crippen LogP contribution in [0.25, 0.3) is 0 Å². The van der Waals surface area contributed by atoms with E-state index in [-0.39, 0.29) is 12.1 Å². The summed E-state index contributed by atoms with van der Waals surface area (Å²) in [5.41, 5.74) is 1.28. The van der Waals surface area contributed by atoms with E-state index < -0.39 is 0 Å². The van der Waals surface area contributed by atoms with Crippen LogP contribution in [0.1, 0.15) is 36.4 Å². The second kappa shape index (κ2) is 7.55. The maximum Gasteiger partial charge on any atom is 0.317 e. The lowest BCUT2D eigenvalue weighted by atomic mass is 9.91. The van der Waals surface area contributed by atoms with Gasteiger partial charge >= 0.3 is 6.03 Å². The molecule has 1 atom stereocenters. The molecule has 2 aromatic rings. The van der Waals surface area contributed by atoms with Gasteiger partial charge in [-0.1, -0.05) is 6.07 Å². The lowest BCUT2D eigenvalue weighted by Gasteiger charge is -2.32. The number of hydrogen-bond donors (Lipinski definition) is 1. The van der Waals surface area contributed by atoms with Crippen LogP contribution >= 0.6 is 11.3 Å². The number of nitrogens with zero attached hydrogens (tertiary/aromatic N) is 3. The van der Waals surface area contributed by atoms with Crippen molar-refractivity contribution in [2.45, 2.75) is 32.2 Å². The van der Waals surface area contributed by atoms with Gasteiger partial charge in [-0.3, -0.25) is 4.98 Å². The Kier molecular flexibility index (Phi) is 5.23. The number of rotatable bonds is 4. The molecule has 1 N–H and O–H groups in total. The summed E-state index contributed by atoms with van der Waals surface area (Å²) in [7, 11) is 0. The molecule has 6 heteroatoms. The molecule has 0 spiro atoms. The van der Waals surface area contributed by atoms with Gasteiger partial charge in [0.25, 0.3) is 0 Å². The zero-order valence-electron chi connectivity index (χ0n) is 13.3. The lowest BCUT2D eigenvalue weighted by Crippen LogP contribution is -2.45. The summed E-state index contributed by atoms with van der Waals surface area (Å²) in [5.74, 6) is 0.639. The first kappa shape index (κ1) is 15.9. The highest BCUT2D eigenvalue weighted by Crippen LogP contribution is 2.22. The van der Waals surface area contributed by atoms with E-state index in [1.807, 2.05) is 29.5 Å². The molecule has 23 heavy (non-hydrogen) atoms. The summed E-state index contributed by atoms with van der Waals surface area (Å²) >= 11 is 1.57. The van der Waals surface area contributed by atoms with Crippen LogP contribution in [0.15, 0.2) is 36.1 Å². The fraction of sp³-hybridized carbons (Fsp3) is 0.471. The van der Waals surface area contributed by atoms with Gasteiger partial charge in [0.2, 0.25) is 0 Å². The van der Waals surface area contributed by atoms with Crippen molar-refractivity contribution in [2.75, 3.05) is 13.1 Å². The quantitative estimate of drug-likeness (QED) is 0.936. The van der Waals surface area contributed by atoms with E-state index in [4.69, 9.17) is 0 Å². The van der Waals surface area contributed by atoms with Gasteiger partial charge in [0.1, 0.15) is 5.01 Å². The largest absolute Gasteiger partial charge is 0.329 e. The summed E-state index contributed by atoms with van der Waals surface area (Å²) < 4.78 is 0. The molecule has 122 valence electrons. The fourth-order valence-electron chi connectivity index (χ4n) is 2.98. The maximum atomic E-state index is 12.4. The molecule has 0 saturated carbocycles. The van der Waals surface area contributed by atoms with Crippen LogP contribution in [-0.2, 0) is 6.42 Å². The number of likely N-dealkylation sites (tertiary alicyclic amines) is 1.